The van der Waals surface area contributed by atoms with Crippen LogP contribution in [0.25, 0.3) is 0 Å². The minimum absolute atomic E-state index is 0.0431. The van der Waals surface area contributed by atoms with Crippen LogP contribution in [-0.4, -0.2) is 119 Å². The van der Waals surface area contributed by atoms with Gasteiger partial charge in [-0.25, -0.2) is 0 Å². The van der Waals surface area contributed by atoms with Crippen LogP contribution in [0.3, 0.4) is 0 Å². The summed E-state index contributed by atoms with van der Waals surface area (Å²) >= 11 is 0. The number of aliphatic hydroxyl groups is 3. The number of nitrogens with zero attached hydrogens (tertiary/aromatic N) is 2. The van der Waals surface area contributed by atoms with Crippen molar-refractivity contribution in [2.24, 2.45) is 11.7 Å². The zero-order valence-corrected chi connectivity index (χ0v) is 27.9. The lowest BCUT2D eigenvalue weighted by Gasteiger charge is -2.38. The Labute approximate surface area is 272 Å². The van der Waals surface area contributed by atoms with E-state index >= 15 is 0 Å². The average molecular weight is 648 g/mol. The van der Waals surface area contributed by atoms with Crippen molar-refractivity contribution < 1.29 is 39.1 Å². The van der Waals surface area contributed by atoms with E-state index in [0.29, 0.717) is 62.6 Å². The smallest absolute Gasteiger partial charge is 0.247 e. The molecule has 2 fully saturated rings. The van der Waals surface area contributed by atoms with E-state index in [9.17, 15) is 19.8 Å². The van der Waals surface area contributed by atoms with Crippen LogP contribution in [0.2, 0.25) is 0 Å². The van der Waals surface area contributed by atoms with Gasteiger partial charge in [0, 0.05) is 63.3 Å². The summed E-state index contributed by atoms with van der Waals surface area (Å²) in [5, 5.41) is 40.2. The number of ether oxygens (including phenoxy) is 3. The molecule has 2 aliphatic heterocycles. The molecule has 46 heavy (non-hydrogen) atoms. The van der Waals surface area contributed by atoms with Gasteiger partial charge in [-0.05, 0) is 49.9 Å². The van der Waals surface area contributed by atoms with Gasteiger partial charge in [0.1, 0.15) is 11.3 Å². The topological polar surface area (TPSA) is 191 Å². The Morgan fingerprint density at radius 1 is 1.17 bits per heavy atom. The molecule has 0 aliphatic carbocycles. The first kappa shape index (κ1) is 37.2. The van der Waals surface area contributed by atoms with Crippen LogP contribution in [0, 0.1) is 18.3 Å². The van der Waals surface area contributed by atoms with E-state index in [-0.39, 0.29) is 56.3 Å². The van der Waals surface area contributed by atoms with Crippen LogP contribution >= 0.6 is 0 Å². The van der Waals surface area contributed by atoms with Crippen molar-refractivity contribution in [1.29, 1.82) is 5.41 Å². The third kappa shape index (κ3) is 10.7. The number of rotatable bonds is 14. The number of β-amino-alcohol motifs (C(OH)–C–C–N with tert-alkyl or cyclic N) is 1. The number of carbonyl (C=O) groups excluding carboxylic acids is 2. The minimum Gasteiger partial charge on any atom is -0.493 e. The minimum atomic E-state index is -1.06. The summed E-state index contributed by atoms with van der Waals surface area (Å²) in [7, 11) is 0. The quantitative estimate of drug-likeness (QED) is 0.126. The van der Waals surface area contributed by atoms with Gasteiger partial charge in [-0.3, -0.25) is 19.9 Å². The van der Waals surface area contributed by atoms with E-state index in [1.807, 2.05) is 32.9 Å². The second-order valence-electron chi connectivity index (χ2n) is 12.9. The van der Waals surface area contributed by atoms with Crippen LogP contribution in [0.4, 0.5) is 0 Å². The highest BCUT2D eigenvalue weighted by atomic mass is 16.7. The van der Waals surface area contributed by atoms with Crippen molar-refractivity contribution in [3.05, 3.63) is 40.6 Å². The highest BCUT2D eigenvalue weighted by Crippen LogP contribution is 2.26. The molecule has 0 unspecified atom stereocenters. The standard InChI is InChI=1S/C33H53N5O8/c1-21(2)30(34)27(31(35)46-29-19-24(41)18-26(20-40)45-29)17-23-6-7-25(16-22(23)3)44-15-8-28(42)36-33(4,5)32(43)38-11-9-37(10-12-38)13-14-39/h6-7,16,21,24,26,29,35,39-41H,8-15,17-20,34H2,1-5H3,(H,36,42)/b30-27-,35-31?/t24-,26-,29-/m0/s1. The maximum atomic E-state index is 13.1. The van der Waals surface area contributed by atoms with Crippen LogP contribution in [0.1, 0.15) is 58.1 Å². The fourth-order valence-corrected chi connectivity index (χ4v) is 5.59. The van der Waals surface area contributed by atoms with Crippen LogP contribution in [0.5, 0.6) is 5.75 Å². The van der Waals surface area contributed by atoms with Gasteiger partial charge in [-0.2, -0.15) is 0 Å². The van der Waals surface area contributed by atoms with Gasteiger partial charge in [-0.1, -0.05) is 19.9 Å². The van der Waals surface area contributed by atoms with Gasteiger partial charge < -0.3 is 45.5 Å². The molecule has 2 amide bonds. The second-order valence-corrected chi connectivity index (χ2v) is 12.9. The lowest BCUT2D eigenvalue weighted by molar-refractivity contribution is -0.190. The summed E-state index contributed by atoms with van der Waals surface area (Å²) in [6.07, 6.45) is -1.22. The van der Waals surface area contributed by atoms with Gasteiger partial charge in [0.2, 0.25) is 24.0 Å². The van der Waals surface area contributed by atoms with Gasteiger partial charge in [-0.15, -0.1) is 0 Å². The highest BCUT2D eigenvalue weighted by molar-refractivity contribution is 5.92. The van der Waals surface area contributed by atoms with Gasteiger partial charge in [0.05, 0.1) is 38.4 Å². The Balaban J connectivity index is 1.54. The number of aryl methyl sites for hydroxylation is 1. The van der Waals surface area contributed by atoms with E-state index in [2.05, 4.69) is 10.2 Å². The molecule has 0 aromatic heterocycles. The third-order valence-electron chi connectivity index (χ3n) is 8.38. The molecule has 0 spiro atoms. The SMILES string of the molecule is Cc1cc(OCCC(=O)NC(C)(C)C(=O)N2CCN(CCO)CC2)ccc1C/C(C(=N)O[C@H]1C[C@@H](O)C[C@@H](CO)O1)=C(/N)C(C)C. The summed E-state index contributed by atoms with van der Waals surface area (Å²) in [5.74, 6) is -0.0299. The number of nitrogens with two attached hydrogens (primary N) is 1. The highest BCUT2D eigenvalue weighted by Gasteiger charge is 2.35. The molecule has 0 radical (unpaired) electrons. The number of piperazine rings is 1. The van der Waals surface area contributed by atoms with Crippen LogP contribution < -0.4 is 15.8 Å². The van der Waals surface area contributed by atoms with Crippen molar-refractivity contribution in [3.8, 4) is 5.75 Å². The molecule has 7 N–H and O–H groups in total. The molecule has 0 saturated carbocycles. The van der Waals surface area contributed by atoms with Gasteiger partial charge in [0.15, 0.2) is 0 Å². The molecule has 1 aromatic carbocycles. The van der Waals surface area contributed by atoms with Crippen LogP contribution in [-0.2, 0) is 25.5 Å². The molecule has 3 atom stereocenters. The molecular formula is C33H53N5O8. The molecule has 2 heterocycles. The molecule has 258 valence electrons. The monoisotopic (exact) mass is 647 g/mol. The van der Waals surface area contributed by atoms with Crippen LogP contribution in [0.15, 0.2) is 29.5 Å². The Hall–Kier alpha value is -3.23. The fourth-order valence-electron chi connectivity index (χ4n) is 5.59. The summed E-state index contributed by atoms with van der Waals surface area (Å²) in [5.41, 5.74) is 8.20. The maximum Gasteiger partial charge on any atom is 0.247 e. The molecule has 13 heteroatoms. The summed E-state index contributed by atoms with van der Waals surface area (Å²) in [6, 6.07) is 5.54. The molecule has 2 aliphatic rings. The second kappa shape index (κ2) is 17.1. The van der Waals surface area contributed by atoms with Crippen molar-refractivity contribution >= 4 is 17.7 Å². The number of amides is 2. The Bertz CT molecular complexity index is 1230. The third-order valence-corrected chi connectivity index (χ3v) is 8.38. The molecule has 0 bridgehead atoms. The first-order valence-electron chi connectivity index (χ1n) is 16.1. The summed E-state index contributed by atoms with van der Waals surface area (Å²) in [6.45, 7) is 12.2. The number of carbonyl (C=O) groups is 2. The van der Waals surface area contributed by atoms with Crippen molar-refractivity contribution in [2.45, 2.75) is 84.3 Å². The van der Waals surface area contributed by atoms with Crippen molar-refractivity contribution in [3.63, 3.8) is 0 Å². The maximum absolute atomic E-state index is 13.1. The zero-order valence-electron chi connectivity index (χ0n) is 27.9. The Kier molecular flexibility index (Phi) is 13.8. The predicted molar refractivity (Wildman–Crippen MR) is 173 cm³/mol. The number of hydrogen-bond donors (Lipinski definition) is 6. The molecule has 2 saturated heterocycles. The first-order valence-corrected chi connectivity index (χ1v) is 16.1. The van der Waals surface area contributed by atoms with E-state index in [0.717, 1.165) is 11.1 Å². The van der Waals surface area contributed by atoms with Crippen molar-refractivity contribution in [1.82, 2.24) is 15.1 Å². The Morgan fingerprint density at radius 3 is 2.48 bits per heavy atom. The normalized spacial score (nSPS) is 21.5. The fraction of sp³-hybridized carbons (Fsp3) is 0.667. The largest absolute Gasteiger partial charge is 0.493 e. The molecular weight excluding hydrogens is 594 g/mol. The Morgan fingerprint density at radius 2 is 1.87 bits per heavy atom. The number of nitrogens with one attached hydrogen (secondary N) is 2. The number of aliphatic hydroxyl groups excluding tert-OH is 3. The van der Waals surface area contributed by atoms with E-state index in [1.165, 1.54) is 0 Å². The van der Waals surface area contributed by atoms with E-state index in [4.69, 9.17) is 30.5 Å². The van der Waals surface area contributed by atoms with Gasteiger partial charge in [0.25, 0.3) is 0 Å². The molecule has 13 nitrogen and oxygen atoms in total. The predicted octanol–water partition coefficient (Wildman–Crippen LogP) is 1.06. The van der Waals surface area contributed by atoms with E-state index < -0.39 is 24.0 Å². The van der Waals surface area contributed by atoms with Crippen molar-refractivity contribution in [2.75, 3.05) is 52.5 Å². The molecule has 3 rings (SSSR count). The lowest BCUT2D eigenvalue weighted by atomic mass is 9.95. The van der Waals surface area contributed by atoms with E-state index in [1.54, 1.807) is 24.8 Å². The zero-order chi connectivity index (χ0) is 34.0. The summed E-state index contributed by atoms with van der Waals surface area (Å²) in [4.78, 5) is 29.6. The summed E-state index contributed by atoms with van der Waals surface area (Å²) < 4.78 is 17.3. The number of benzene rings is 1. The number of allylic oxidation sites excluding steroid dienone is 1. The lowest BCUT2D eigenvalue weighted by Crippen LogP contribution is -2.59. The van der Waals surface area contributed by atoms with Gasteiger partial charge >= 0.3 is 0 Å². The first-order chi connectivity index (χ1) is 21.7. The molecule has 1 aromatic rings. The number of hydrogen-bond acceptors (Lipinski definition) is 11. The average Bonchev–Trinajstić information content (AvgIpc) is 2.99.